The number of benzene rings is 1. The predicted octanol–water partition coefficient (Wildman–Crippen LogP) is 3.37. The van der Waals surface area contributed by atoms with E-state index in [1.807, 2.05) is 6.07 Å². The highest BCUT2D eigenvalue weighted by Crippen LogP contribution is 2.37. The van der Waals surface area contributed by atoms with E-state index in [0.717, 1.165) is 38.1 Å². The van der Waals surface area contributed by atoms with Gasteiger partial charge in [0, 0.05) is 30.4 Å². The Morgan fingerprint density at radius 2 is 2.15 bits per heavy atom. The number of likely N-dealkylation sites (tertiary alicyclic amines) is 1. The lowest BCUT2D eigenvalue weighted by Gasteiger charge is -2.44. The first kappa shape index (κ1) is 24.1. The fraction of sp³-hybridized carbons (Fsp3) is 0.680. The molecule has 2 aliphatic heterocycles. The molecule has 2 N–H and O–H groups in total. The number of halogens is 1. The third-order valence-electron chi connectivity index (χ3n) is 7.57. The fourth-order valence-corrected chi connectivity index (χ4v) is 5.88. The number of fused-ring (bicyclic) bond motifs is 1. The van der Waals surface area contributed by atoms with E-state index < -0.39 is 0 Å². The highest BCUT2D eigenvalue weighted by atomic mass is 35.5. The van der Waals surface area contributed by atoms with Gasteiger partial charge in [0.05, 0.1) is 36.7 Å². The highest BCUT2D eigenvalue weighted by Gasteiger charge is 2.43. The summed E-state index contributed by atoms with van der Waals surface area (Å²) in [7, 11) is 3.72. The van der Waals surface area contributed by atoms with Gasteiger partial charge in [-0.25, -0.2) is 0 Å². The van der Waals surface area contributed by atoms with Gasteiger partial charge in [-0.1, -0.05) is 6.42 Å². The van der Waals surface area contributed by atoms with Crippen molar-refractivity contribution in [2.45, 2.75) is 62.1 Å². The number of carbonyl (C=O) groups excluding carboxylic acids is 1. The van der Waals surface area contributed by atoms with Crippen molar-refractivity contribution in [3.05, 3.63) is 23.8 Å². The molecule has 6 unspecified atom stereocenters. The molecule has 1 aromatic rings. The summed E-state index contributed by atoms with van der Waals surface area (Å²) < 4.78 is 11.6. The lowest BCUT2D eigenvalue weighted by molar-refractivity contribution is -0.130. The van der Waals surface area contributed by atoms with E-state index in [2.05, 4.69) is 28.7 Å². The van der Waals surface area contributed by atoms with Crippen molar-refractivity contribution in [2.24, 2.45) is 11.8 Å². The zero-order chi connectivity index (χ0) is 23.4. The Bertz CT molecular complexity index is 876. The van der Waals surface area contributed by atoms with Gasteiger partial charge >= 0.3 is 0 Å². The summed E-state index contributed by atoms with van der Waals surface area (Å²) in [5.41, 5.74) is 1.32. The first-order chi connectivity index (χ1) is 16.0. The van der Waals surface area contributed by atoms with Gasteiger partial charge in [0.1, 0.15) is 11.8 Å². The van der Waals surface area contributed by atoms with Crippen LogP contribution in [-0.4, -0.2) is 68.2 Å². The second kappa shape index (κ2) is 10.9. The molecular weight excluding hydrogens is 440 g/mol. The quantitative estimate of drug-likeness (QED) is 0.589. The number of amides is 1. The van der Waals surface area contributed by atoms with Crippen LogP contribution in [0.1, 0.15) is 44.1 Å². The summed E-state index contributed by atoms with van der Waals surface area (Å²) in [6.07, 6.45) is 6.16. The average molecular weight is 475 g/mol. The molecule has 6 atom stereocenters. The molecule has 0 aromatic heterocycles. The maximum atomic E-state index is 12.8. The summed E-state index contributed by atoms with van der Waals surface area (Å²) in [6.45, 7) is 2.38. The fourth-order valence-electron chi connectivity index (χ4n) is 5.48. The minimum absolute atomic E-state index is 0.00988. The van der Waals surface area contributed by atoms with Gasteiger partial charge in [-0.05, 0) is 63.7 Å². The molecule has 1 aromatic carbocycles. The van der Waals surface area contributed by atoms with Crippen LogP contribution in [0.15, 0.2) is 18.2 Å². The molecule has 1 amide bonds. The van der Waals surface area contributed by atoms with E-state index in [9.17, 15) is 4.79 Å². The number of nitrogens with one attached hydrogen (secondary N) is 2. The SMILES string of the molecule is COc1cc(NCC2CC3CC(Cl)C(OCC4CCCCN4C)CC3NC2=O)ccc1C#N. The number of likely N-dealkylation sites (N-methyl/N-ethyl adjacent to an activating group) is 1. The summed E-state index contributed by atoms with van der Waals surface area (Å²) in [4.78, 5) is 15.2. The molecule has 3 fully saturated rings. The number of anilines is 1. The zero-order valence-electron chi connectivity index (χ0n) is 19.6. The zero-order valence-corrected chi connectivity index (χ0v) is 20.3. The average Bonchev–Trinajstić information content (AvgIpc) is 2.82. The van der Waals surface area contributed by atoms with Crippen molar-refractivity contribution in [1.82, 2.24) is 10.2 Å². The molecule has 0 bridgehead atoms. The maximum Gasteiger partial charge on any atom is 0.225 e. The van der Waals surface area contributed by atoms with Crippen molar-refractivity contribution in [2.75, 3.05) is 39.2 Å². The van der Waals surface area contributed by atoms with Crippen LogP contribution < -0.4 is 15.4 Å². The number of ether oxygens (including phenoxy) is 2. The van der Waals surface area contributed by atoms with Crippen molar-refractivity contribution >= 4 is 23.2 Å². The normalized spacial score (nSPS) is 32.4. The molecule has 4 rings (SSSR count). The Morgan fingerprint density at radius 1 is 1.30 bits per heavy atom. The molecule has 2 heterocycles. The van der Waals surface area contributed by atoms with E-state index in [4.69, 9.17) is 26.3 Å². The Hall–Kier alpha value is -2.01. The van der Waals surface area contributed by atoms with Gasteiger partial charge < -0.3 is 25.0 Å². The number of nitrogens with zero attached hydrogens (tertiary/aromatic N) is 2. The lowest BCUT2D eigenvalue weighted by atomic mass is 9.74. The minimum Gasteiger partial charge on any atom is -0.495 e. The van der Waals surface area contributed by atoms with Crippen LogP contribution in [0.2, 0.25) is 0 Å². The Labute approximate surface area is 201 Å². The van der Waals surface area contributed by atoms with Crippen LogP contribution in [0.5, 0.6) is 5.75 Å². The van der Waals surface area contributed by atoms with Gasteiger partial charge in [-0.15, -0.1) is 11.6 Å². The molecule has 8 heteroatoms. The molecule has 7 nitrogen and oxygen atoms in total. The van der Waals surface area contributed by atoms with Gasteiger partial charge in [0.25, 0.3) is 0 Å². The van der Waals surface area contributed by atoms with Gasteiger partial charge in [-0.3, -0.25) is 4.79 Å². The molecule has 3 aliphatic rings. The topological polar surface area (TPSA) is 86.6 Å². The van der Waals surface area contributed by atoms with Crippen molar-refractivity contribution in [3.8, 4) is 11.8 Å². The number of piperidine rings is 2. The Kier molecular flexibility index (Phi) is 8.00. The van der Waals surface area contributed by atoms with E-state index in [1.165, 1.54) is 19.3 Å². The van der Waals surface area contributed by atoms with Gasteiger partial charge in [0.15, 0.2) is 0 Å². The molecule has 0 spiro atoms. The van der Waals surface area contributed by atoms with Crippen LogP contribution in [0, 0.1) is 23.2 Å². The molecule has 2 saturated heterocycles. The van der Waals surface area contributed by atoms with E-state index in [1.54, 1.807) is 19.2 Å². The standard InChI is InChI=1S/C25H35ClN4O3/c1-30-8-4-3-5-20(30)15-33-24-12-22-17(10-21(24)26)9-18(25(31)29-22)14-28-19-7-6-16(13-27)23(11-19)32-2/h6-7,11,17-18,20-22,24,28H,3-5,8-10,12,14-15H2,1-2H3,(H,29,31). The first-order valence-electron chi connectivity index (χ1n) is 12.1. The van der Waals surface area contributed by atoms with Crippen LogP contribution in [0.4, 0.5) is 5.69 Å². The number of alkyl halides is 1. The summed E-state index contributed by atoms with van der Waals surface area (Å²) in [5, 5.41) is 15.7. The van der Waals surface area contributed by atoms with Crippen molar-refractivity contribution in [3.63, 3.8) is 0 Å². The van der Waals surface area contributed by atoms with Gasteiger partial charge in [-0.2, -0.15) is 5.26 Å². The largest absolute Gasteiger partial charge is 0.495 e. The van der Waals surface area contributed by atoms with Crippen molar-refractivity contribution < 1.29 is 14.3 Å². The third-order valence-corrected chi connectivity index (χ3v) is 8.03. The number of hydrogen-bond donors (Lipinski definition) is 2. The second-order valence-corrected chi connectivity index (χ2v) is 10.3. The number of carbonyl (C=O) groups is 1. The highest BCUT2D eigenvalue weighted by molar-refractivity contribution is 6.21. The summed E-state index contributed by atoms with van der Waals surface area (Å²) in [5.74, 6) is 0.858. The van der Waals surface area contributed by atoms with Crippen LogP contribution in [0.3, 0.4) is 0 Å². The van der Waals surface area contributed by atoms with Crippen molar-refractivity contribution in [1.29, 1.82) is 5.26 Å². The monoisotopic (exact) mass is 474 g/mol. The number of methoxy groups -OCH3 is 1. The lowest BCUT2D eigenvalue weighted by Crippen LogP contribution is -2.56. The number of rotatable bonds is 7. The molecule has 1 saturated carbocycles. The number of nitriles is 1. The summed E-state index contributed by atoms with van der Waals surface area (Å²) in [6, 6.07) is 8.07. The maximum absolute atomic E-state index is 12.8. The molecule has 1 aliphatic carbocycles. The van der Waals surface area contributed by atoms with Crippen LogP contribution >= 0.6 is 11.6 Å². The first-order valence-corrected chi connectivity index (χ1v) is 12.5. The van der Waals surface area contributed by atoms with E-state index >= 15 is 0 Å². The third kappa shape index (κ3) is 5.74. The Balaban J connectivity index is 1.29. The van der Waals surface area contributed by atoms with Gasteiger partial charge in [0.2, 0.25) is 5.91 Å². The number of hydrogen-bond acceptors (Lipinski definition) is 6. The van der Waals surface area contributed by atoms with E-state index in [-0.39, 0.29) is 29.3 Å². The molecular formula is C25H35ClN4O3. The molecule has 180 valence electrons. The second-order valence-electron chi connectivity index (χ2n) is 9.70. The minimum atomic E-state index is -0.120. The predicted molar refractivity (Wildman–Crippen MR) is 129 cm³/mol. The summed E-state index contributed by atoms with van der Waals surface area (Å²) >= 11 is 6.77. The molecule has 33 heavy (non-hydrogen) atoms. The van der Waals surface area contributed by atoms with E-state index in [0.29, 0.717) is 29.8 Å². The van der Waals surface area contributed by atoms with Crippen LogP contribution in [0.25, 0.3) is 0 Å². The Morgan fingerprint density at radius 3 is 2.91 bits per heavy atom. The van der Waals surface area contributed by atoms with Crippen LogP contribution in [-0.2, 0) is 9.53 Å². The molecule has 0 radical (unpaired) electrons. The smallest absolute Gasteiger partial charge is 0.225 e.